The number of nitro groups is 1. The second-order valence-corrected chi connectivity index (χ2v) is 6.83. The van der Waals surface area contributed by atoms with Crippen LogP contribution in [0, 0.1) is 24.0 Å². The minimum atomic E-state index is -0.444. The number of likely N-dealkylation sites (tertiary alicyclic amines) is 1. The molecule has 2 heterocycles. The maximum Gasteiger partial charge on any atom is 0.312 e. The number of aryl methyl sites for hydroxylation is 2. The van der Waals surface area contributed by atoms with Crippen LogP contribution in [-0.4, -0.2) is 57.1 Å². The Kier molecular flexibility index (Phi) is 7.28. The van der Waals surface area contributed by atoms with Crippen molar-refractivity contribution < 1.29 is 14.5 Å². The molecule has 2 rings (SSSR count). The summed E-state index contributed by atoms with van der Waals surface area (Å²) < 4.78 is 1.52. The van der Waals surface area contributed by atoms with Gasteiger partial charge in [0.1, 0.15) is 11.4 Å². The van der Waals surface area contributed by atoms with Gasteiger partial charge in [0.15, 0.2) is 0 Å². The maximum absolute atomic E-state index is 12.7. The van der Waals surface area contributed by atoms with Crippen LogP contribution in [0.3, 0.4) is 0 Å². The van der Waals surface area contributed by atoms with Crippen LogP contribution >= 0.6 is 0 Å². The summed E-state index contributed by atoms with van der Waals surface area (Å²) in [5.74, 6) is -0.131. The number of aromatic nitrogens is 2. The summed E-state index contributed by atoms with van der Waals surface area (Å²) in [4.78, 5) is 36.8. The molecule has 27 heavy (non-hydrogen) atoms. The predicted molar refractivity (Wildman–Crippen MR) is 99.0 cm³/mol. The fourth-order valence-corrected chi connectivity index (χ4v) is 3.51. The molecule has 1 aromatic heterocycles. The number of nitrogens with one attached hydrogen (secondary N) is 1. The van der Waals surface area contributed by atoms with Crippen molar-refractivity contribution in [3.05, 3.63) is 21.5 Å². The average molecular weight is 380 g/mol. The average Bonchev–Trinajstić information content (AvgIpc) is 2.92. The SMILES string of the molecule is Cc1nn(CCC(=O)N2CCCCC2CNC(=O)CCN)c(C)c1[N+](=O)[O-]. The fraction of sp³-hybridized carbons (Fsp3) is 0.706. The molecule has 0 aromatic carbocycles. The number of nitrogens with zero attached hydrogens (tertiary/aromatic N) is 4. The number of piperidine rings is 1. The third kappa shape index (κ3) is 5.25. The van der Waals surface area contributed by atoms with Crippen molar-refractivity contribution in [2.45, 2.75) is 58.5 Å². The lowest BCUT2D eigenvalue weighted by Crippen LogP contribution is -2.49. The molecule has 0 radical (unpaired) electrons. The molecule has 1 aromatic rings. The standard InChI is InChI=1S/C17H28N6O4/c1-12-17(23(26)27)13(2)22(20-12)10-7-16(25)21-9-4-3-5-14(21)11-19-15(24)6-8-18/h14H,3-11,18H2,1-2H3,(H,19,24). The number of hydrogen-bond donors (Lipinski definition) is 2. The summed E-state index contributed by atoms with van der Waals surface area (Å²) in [5.41, 5.74) is 6.18. The Hall–Kier alpha value is -2.49. The topological polar surface area (TPSA) is 136 Å². The molecule has 0 aliphatic carbocycles. The Bertz CT molecular complexity index is 702. The molecule has 2 amide bonds. The van der Waals surface area contributed by atoms with Crippen LogP contribution in [0.15, 0.2) is 0 Å². The summed E-state index contributed by atoms with van der Waals surface area (Å²) in [6.07, 6.45) is 3.29. The Morgan fingerprint density at radius 1 is 1.33 bits per heavy atom. The number of nitrogens with two attached hydrogens (primary N) is 1. The summed E-state index contributed by atoms with van der Waals surface area (Å²) in [6, 6.07) is -0.0252. The zero-order valence-corrected chi connectivity index (χ0v) is 15.9. The molecule has 150 valence electrons. The van der Waals surface area contributed by atoms with Gasteiger partial charge >= 0.3 is 5.69 Å². The van der Waals surface area contributed by atoms with Crippen LogP contribution in [-0.2, 0) is 16.1 Å². The first-order chi connectivity index (χ1) is 12.8. The van der Waals surface area contributed by atoms with Gasteiger partial charge in [0.25, 0.3) is 0 Å². The smallest absolute Gasteiger partial charge is 0.312 e. The second kappa shape index (κ2) is 9.45. The van der Waals surface area contributed by atoms with Gasteiger partial charge in [-0.25, -0.2) is 0 Å². The lowest BCUT2D eigenvalue weighted by molar-refractivity contribution is -0.386. The van der Waals surface area contributed by atoms with Crippen molar-refractivity contribution in [2.24, 2.45) is 5.73 Å². The van der Waals surface area contributed by atoms with E-state index in [-0.39, 0.29) is 36.4 Å². The van der Waals surface area contributed by atoms with E-state index in [1.807, 2.05) is 4.90 Å². The number of carbonyl (C=O) groups excluding carboxylic acids is 2. The molecule has 1 aliphatic rings. The van der Waals surface area contributed by atoms with Crippen LogP contribution in [0.2, 0.25) is 0 Å². The van der Waals surface area contributed by atoms with Crippen molar-refractivity contribution in [1.82, 2.24) is 20.0 Å². The van der Waals surface area contributed by atoms with Gasteiger partial charge < -0.3 is 16.0 Å². The third-order valence-electron chi connectivity index (χ3n) is 4.92. The van der Waals surface area contributed by atoms with Crippen molar-refractivity contribution in [3.8, 4) is 0 Å². The molecule has 10 nitrogen and oxygen atoms in total. The van der Waals surface area contributed by atoms with Crippen LogP contribution in [0.1, 0.15) is 43.5 Å². The molecule has 0 bridgehead atoms. The molecular formula is C17H28N6O4. The number of carbonyl (C=O) groups is 2. The minimum Gasteiger partial charge on any atom is -0.354 e. The Balaban J connectivity index is 1.96. The number of hydrogen-bond acceptors (Lipinski definition) is 6. The normalized spacial score (nSPS) is 17.0. The van der Waals surface area contributed by atoms with E-state index >= 15 is 0 Å². The Morgan fingerprint density at radius 2 is 2.07 bits per heavy atom. The van der Waals surface area contributed by atoms with Gasteiger partial charge in [-0.05, 0) is 33.1 Å². The first-order valence-corrected chi connectivity index (χ1v) is 9.29. The van der Waals surface area contributed by atoms with E-state index in [2.05, 4.69) is 10.4 Å². The van der Waals surface area contributed by atoms with Crippen molar-refractivity contribution in [3.63, 3.8) is 0 Å². The zero-order valence-electron chi connectivity index (χ0n) is 15.9. The van der Waals surface area contributed by atoms with E-state index < -0.39 is 4.92 Å². The van der Waals surface area contributed by atoms with Crippen LogP contribution in [0.25, 0.3) is 0 Å². The summed E-state index contributed by atoms with van der Waals surface area (Å²) in [7, 11) is 0. The van der Waals surface area contributed by atoms with E-state index in [4.69, 9.17) is 5.73 Å². The van der Waals surface area contributed by atoms with E-state index in [9.17, 15) is 19.7 Å². The molecule has 1 unspecified atom stereocenters. The van der Waals surface area contributed by atoms with Crippen LogP contribution in [0.4, 0.5) is 5.69 Å². The first kappa shape index (κ1) is 20.8. The lowest BCUT2D eigenvalue weighted by Gasteiger charge is -2.36. The van der Waals surface area contributed by atoms with Crippen molar-refractivity contribution in [1.29, 1.82) is 0 Å². The lowest BCUT2D eigenvalue weighted by atomic mass is 10.0. The molecule has 10 heteroatoms. The Morgan fingerprint density at radius 3 is 2.70 bits per heavy atom. The van der Waals surface area contributed by atoms with Gasteiger partial charge in [0.05, 0.1) is 11.5 Å². The van der Waals surface area contributed by atoms with Gasteiger partial charge in [-0.15, -0.1) is 0 Å². The highest BCUT2D eigenvalue weighted by atomic mass is 16.6. The monoisotopic (exact) mass is 380 g/mol. The largest absolute Gasteiger partial charge is 0.354 e. The Labute approximate surface area is 158 Å². The number of amides is 2. The molecule has 1 fully saturated rings. The summed E-state index contributed by atoms with van der Waals surface area (Å²) in [6.45, 7) is 4.91. The van der Waals surface area contributed by atoms with E-state index in [0.29, 0.717) is 37.6 Å². The highest BCUT2D eigenvalue weighted by Gasteiger charge is 2.27. The third-order valence-corrected chi connectivity index (χ3v) is 4.92. The van der Waals surface area contributed by atoms with E-state index in [1.165, 1.54) is 4.68 Å². The molecule has 1 aliphatic heterocycles. The highest BCUT2D eigenvalue weighted by molar-refractivity contribution is 5.77. The van der Waals surface area contributed by atoms with E-state index in [0.717, 1.165) is 19.3 Å². The molecule has 1 atom stereocenters. The van der Waals surface area contributed by atoms with E-state index in [1.54, 1.807) is 13.8 Å². The van der Waals surface area contributed by atoms with Crippen LogP contribution in [0.5, 0.6) is 0 Å². The zero-order chi connectivity index (χ0) is 20.0. The highest BCUT2D eigenvalue weighted by Crippen LogP contribution is 2.22. The van der Waals surface area contributed by atoms with Crippen LogP contribution < -0.4 is 11.1 Å². The predicted octanol–water partition coefficient (Wildman–Crippen LogP) is 0.644. The van der Waals surface area contributed by atoms with Gasteiger partial charge in [0.2, 0.25) is 11.8 Å². The second-order valence-electron chi connectivity index (χ2n) is 6.83. The summed E-state index contributed by atoms with van der Waals surface area (Å²) in [5, 5.41) is 18.1. The quantitative estimate of drug-likeness (QED) is 0.502. The molecule has 0 saturated carbocycles. The molecule has 3 N–H and O–H groups in total. The van der Waals surface area contributed by atoms with Gasteiger partial charge in [0, 0.05) is 38.5 Å². The molecule has 0 spiro atoms. The molecular weight excluding hydrogens is 352 g/mol. The summed E-state index contributed by atoms with van der Waals surface area (Å²) >= 11 is 0. The van der Waals surface area contributed by atoms with Gasteiger partial charge in [-0.2, -0.15) is 5.10 Å². The van der Waals surface area contributed by atoms with Gasteiger partial charge in [-0.1, -0.05) is 0 Å². The van der Waals surface area contributed by atoms with Crippen molar-refractivity contribution in [2.75, 3.05) is 19.6 Å². The minimum absolute atomic E-state index is 0.000846. The maximum atomic E-state index is 12.7. The first-order valence-electron chi connectivity index (χ1n) is 9.29. The van der Waals surface area contributed by atoms with Crippen molar-refractivity contribution >= 4 is 17.5 Å². The fourth-order valence-electron chi connectivity index (χ4n) is 3.51. The van der Waals surface area contributed by atoms with Gasteiger partial charge in [-0.3, -0.25) is 24.4 Å². The molecule has 1 saturated heterocycles. The number of rotatable bonds is 8.